The predicted octanol–water partition coefficient (Wildman–Crippen LogP) is 4.77. The number of benzene rings is 1. The van der Waals surface area contributed by atoms with Crippen molar-refractivity contribution in [2.45, 2.75) is 25.6 Å². The molecule has 1 aliphatic rings. The van der Waals surface area contributed by atoms with Crippen molar-refractivity contribution in [1.82, 2.24) is 15.3 Å². The number of aromatic nitrogens is 2. The van der Waals surface area contributed by atoms with Gasteiger partial charge < -0.3 is 10.1 Å². The molecule has 0 saturated carbocycles. The van der Waals surface area contributed by atoms with Crippen molar-refractivity contribution in [3.05, 3.63) is 71.3 Å². The Balaban J connectivity index is 1.70. The van der Waals surface area contributed by atoms with Crippen molar-refractivity contribution in [3.8, 4) is 22.9 Å². The van der Waals surface area contributed by atoms with E-state index < -0.39 is 17.6 Å². The third-order valence-corrected chi connectivity index (χ3v) is 4.60. The fourth-order valence-electron chi connectivity index (χ4n) is 3.32. The van der Waals surface area contributed by atoms with Crippen LogP contribution >= 0.6 is 0 Å². The minimum absolute atomic E-state index is 0.0829. The zero-order chi connectivity index (χ0) is 21.5. The van der Waals surface area contributed by atoms with Crippen LogP contribution in [0, 0.1) is 5.82 Å². The summed E-state index contributed by atoms with van der Waals surface area (Å²) in [5, 5.41) is 2.84. The second-order valence-corrected chi connectivity index (χ2v) is 6.92. The fourth-order valence-corrected chi connectivity index (χ4v) is 3.32. The summed E-state index contributed by atoms with van der Waals surface area (Å²) in [7, 11) is 0. The molecule has 154 valence electrons. The van der Waals surface area contributed by atoms with Gasteiger partial charge in [-0.3, -0.25) is 14.8 Å². The molecule has 1 amide bonds. The van der Waals surface area contributed by atoms with Crippen LogP contribution in [0.5, 0.6) is 11.5 Å². The van der Waals surface area contributed by atoms with Gasteiger partial charge in [-0.2, -0.15) is 13.2 Å². The van der Waals surface area contributed by atoms with E-state index >= 15 is 0 Å². The van der Waals surface area contributed by atoms with E-state index in [0.29, 0.717) is 29.4 Å². The lowest BCUT2D eigenvalue weighted by Crippen LogP contribution is -2.39. The molecule has 30 heavy (non-hydrogen) atoms. The number of fused-ring (bicyclic) bond motifs is 1. The topological polar surface area (TPSA) is 64.1 Å². The summed E-state index contributed by atoms with van der Waals surface area (Å²) in [6.07, 6.45) is -1.26. The molecular formula is C21H15F4N3O2. The van der Waals surface area contributed by atoms with Crippen molar-refractivity contribution in [2.75, 3.05) is 0 Å². The van der Waals surface area contributed by atoms with Crippen molar-refractivity contribution in [1.29, 1.82) is 0 Å². The van der Waals surface area contributed by atoms with Gasteiger partial charge in [0, 0.05) is 36.1 Å². The molecule has 4 rings (SSSR count). The van der Waals surface area contributed by atoms with Crippen LogP contribution in [0.25, 0.3) is 11.4 Å². The van der Waals surface area contributed by atoms with Crippen LogP contribution in [-0.4, -0.2) is 21.9 Å². The van der Waals surface area contributed by atoms with Gasteiger partial charge in [0.05, 0.1) is 17.0 Å². The summed E-state index contributed by atoms with van der Waals surface area (Å²) in [6, 6.07) is 6.44. The highest BCUT2D eigenvalue weighted by atomic mass is 19.4. The fraction of sp³-hybridized carbons (Fsp3) is 0.190. The van der Waals surface area contributed by atoms with Gasteiger partial charge in [-0.05, 0) is 43.2 Å². The molecule has 1 unspecified atom stereocenters. The van der Waals surface area contributed by atoms with Gasteiger partial charge in [0.15, 0.2) is 0 Å². The molecule has 1 atom stereocenters. The van der Waals surface area contributed by atoms with Crippen LogP contribution in [0.3, 0.4) is 0 Å². The number of rotatable bonds is 3. The monoisotopic (exact) mass is 417 g/mol. The predicted molar refractivity (Wildman–Crippen MR) is 99.6 cm³/mol. The van der Waals surface area contributed by atoms with Gasteiger partial charge in [-0.25, -0.2) is 4.39 Å². The average Bonchev–Trinajstić information content (AvgIpc) is 2.66. The number of nitrogens with one attached hydrogen (secondary N) is 1. The molecule has 2 aromatic heterocycles. The van der Waals surface area contributed by atoms with Gasteiger partial charge >= 0.3 is 6.18 Å². The largest absolute Gasteiger partial charge is 0.457 e. The molecule has 5 nitrogen and oxygen atoms in total. The minimum Gasteiger partial charge on any atom is -0.457 e. The number of halogens is 4. The van der Waals surface area contributed by atoms with Crippen LogP contribution < -0.4 is 10.1 Å². The van der Waals surface area contributed by atoms with Gasteiger partial charge in [0.2, 0.25) is 0 Å². The summed E-state index contributed by atoms with van der Waals surface area (Å²) in [5.74, 6) is -1.41. The standard InChI is InChI=1S/C21H15F4N3O2/c1-11-6-17-16(20(29)28-11)3-5-27-19(17)18-10-14(2-4-26-18)30-15-8-12(21(23,24)25)7-13(22)9-15/h2-5,7-11H,6H2,1H3,(H,28,29). The van der Waals surface area contributed by atoms with E-state index in [1.165, 1.54) is 24.5 Å². The van der Waals surface area contributed by atoms with Crippen LogP contribution in [0.1, 0.15) is 28.4 Å². The molecule has 1 N–H and O–H groups in total. The molecule has 9 heteroatoms. The highest BCUT2D eigenvalue weighted by molar-refractivity contribution is 5.98. The molecule has 0 aliphatic carbocycles. The maximum atomic E-state index is 13.6. The Morgan fingerprint density at radius 2 is 1.83 bits per heavy atom. The number of amides is 1. The normalized spacial score (nSPS) is 16.0. The second-order valence-electron chi connectivity index (χ2n) is 6.92. The number of nitrogens with zero attached hydrogens (tertiary/aromatic N) is 2. The van der Waals surface area contributed by atoms with Gasteiger partial charge in [0.1, 0.15) is 17.3 Å². The third-order valence-electron chi connectivity index (χ3n) is 4.60. The number of hydrogen-bond acceptors (Lipinski definition) is 4. The lowest BCUT2D eigenvalue weighted by molar-refractivity contribution is -0.137. The van der Waals surface area contributed by atoms with E-state index in [-0.39, 0.29) is 23.4 Å². The van der Waals surface area contributed by atoms with Gasteiger partial charge in [-0.1, -0.05) is 0 Å². The summed E-state index contributed by atoms with van der Waals surface area (Å²) in [4.78, 5) is 20.8. The van der Waals surface area contributed by atoms with Crippen LogP contribution in [-0.2, 0) is 12.6 Å². The van der Waals surface area contributed by atoms with E-state index in [1.807, 2.05) is 6.92 Å². The Morgan fingerprint density at radius 3 is 2.60 bits per heavy atom. The molecular weight excluding hydrogens is 402 g/mol. The quantitative estimate of drug-likeness (QED) is 0.624. The lowest BCUT2D eigenvalue weighted by Gasteiger charge is -2.24. The minimum atomic E-state index is -4.70. The molecule has 0 saturated heterocycles. The number of pyridine rings is 2. The van der Waals surface area contributed by atoms with E-state index in [0.717, 1.165) is 17.7 Å². The number of carbonyl (C=O) groups is 1. The zero-order valence-electron chi connectivity index (χ0n) is 15.6. The summed E-state index contributed by atoms with van der Waals surface area (Å²) in [5.41, 5.74) is 0.939. The molecule has 3 heterocycles. The summed E-state index contributed by atoms with van der Waals surface area (Å²) in [6.45, 7) is 1.87. The SMILES string of the molecule is CC1Cc2c(ccnc2-c2cc(Oc3cc(F)cc(C(F)(F)F)c3)ccn2)C(=O)N1. The van der Waals surface area contributed by atoms with Crippen LogP contribution in [0.15, 0.2) is 48.8 Å². The average molecular weight is 417 g/mol. The smallest absolute Gasteiger partial charge is 0.416 e. The van der Waals surface area contributed by atoms with Crippen molar-refractivity contribution >= 4 is 5.91 Å². The first-order chi connectivity index (χ1) is 14.2. The summed E-state index contributed by atoms with van der Waals surface area (Å²) < 4.78 is 57.9. The highest BCUT2D eigenvalue weighted by Crippen LogP contribution is 2.34. The molecule has 1 aliphatic heterocycles. The van der Waals surface area contributed by atoms with Gasteiger partial charge in [0.25, 0.3) is 5.91 Å². The Bertz CT molecular complexity index is 1130. The summed E-state index contributed by atoms with van der Waals surface area (Å²) >= 11 is 0. The maximum Gasteiger partial charge on any atom is 0.416 e. The third kappa shape index (κ3) is 3.96. The molecule has 1 aromatic carbocycles. The Labute approximate surface area is 168 Å². The first kappa shape index (κ1) is 19.8. The molecule has 3 aromatic rings. The molecule has 0 fully saturated rings. The Hall–Kier alpha value is -3.49. The van der Waals surface area contributed by atoms with Crippen LogP contribution in [0.4, 0.5) is 17.6 Å². The van der Waals surface area contributed by atoms with E-state index in [9.17, 15) is 22.4 Å². The molecule has 0 spiro atoms. The van der Waals surface area contributed by atoms with Crippen LogP contribution in [0.2, 0.25) is 0 Å². The van der Waals surface area contributed by atoms with Crippen molar-refractivity contribution < 1.29 is 27.1 Å². The molecule has 0 radical (unpaired) electrons. The number of alkyl halides is 3. The van der Waals surface area contributed by atoms with E-state index in [2.05, 4.69) is 15.3 Å². The zero-order valence-corrected chi connectivity index (χ0v) is 15.6. The van der Waals surface area contributed by atoms with Crippen molar-refractivity contribution in [2.24, 2.45) is 0 Å². The van der Waals surface area contributed by atoms with Crippen molar-refractivity contribution in [3.63, 3.8) is 0 Å². The molecule has 0 bridgehead atoms. The van der Waals surface area contributed by atoms with E-state index in [1.54, 1.807) is 6.07 Å². The first-order valence-corrected chi connectivity index (χ1v) is 9.01. The van der Waals surface area contributed by atoms with Gasteiger partial charge in [-0.15, -0.1) is 0 Å². The maximum absolute atomic E-state index is 13.6. The number of carbonyl (C=O) groups excluding carboxylic acids is 1. The number of hydrogen-bond donors (Lipinski definition) is 1. The lowest BCUT2D eigenvalue weighted by atomic mass is 9.93. The Kier molecular flexibility index (Phi) is 4.89. The Morgan fingerprint density at radius 1 is 1.07 bits per heavy atom. The number of ether oxygens (including phenoxy) is 1. The van der Waals surface area contributed by atoms with E-state index in [4.69, 9.17) is 4.74 Å². The highest BCUT2D eigenvalue weighted by Gasteiger charge is 2.32. The second kappa shape index (κ2) is 7.40. The first-order valence-electron chi connectivity index (χ1n) is 9.01.